The summed E-state index contributed by atoms with van der Waals surface area (Å²) in [6.45, 7) is 0. The van der Waals surface area contributed by atoms with Crippen molar-refractivity contribution in [3.05, 3.63) is 34.6 Å². The van der Waals surface area contributed by atoms with Crippen LogP contribution in [0.15, 0.2) is 18.2 Å². The molecule has 0 amide bonds. The van der Waals surface area contributed by atoms with E-state index in [4.69, 9.17) is 11.6 Å². The molecule has 12 heavy (non-hydrogen) atoms. The van der Waals surface area contributed by atoms with Crippen molar-refractivity contribution in [3.63, 3.8) is 0 Å². The summed E-state index contributed by atoms with van der Waals surface area (Å²) in [7, 11) is 0. The van der Waals surface area contributed by atoms with E-state index in [0.29, 0.717) is 11.6 Å². The molecule has 1 aliphatic rings. The summed E-state index contributed by atoms with van der Waals surface area (Å²) in [5.41, 5.74) is 1.76. The second-order valence-corrected chi connectivity index (χ2v) is 3.04. The molecular formula is C9H6ClNO. The van der Waals surface area contributed by atoms with E-state index in [-0.39, 0.29) is 5.78 Å². The van der Waals surface area contributed by atoms with E-state index in [1.54, 1.807) is 12.1 Å². The van der Waals surface area contributed by atoms with Crippen molar-refractivity contribution in [2.45, 2.75) is 6.42 Å². The largest absolute Gasteiger partial charge is 0.294 e. The number of carbonyl (C=O) groups excluding carboxylic acids is 1. The number of fused-ring (bicyclic) bond motifs is 1. The Bertz CT molecular complexity index is 371. The van der Waals surface area contributed by atoms with Crippen molar-refractivity contribution in [1.29, 1.82) is 0 Å². The van der Waals surface area contributed by atoms with Gasteiger partial charge in [0.2, 0.25) is 0 Å². The van der Waals surface area contributed by atoms with E-state index in [0.717, 1.165) is 11.3 Å². The maximum absolute atomic E-state index is 11.0. The second-order valence-electron chi connectivity index (χ2n) is 2.65. The third-order valence-electron chi connectivity index (χ3n) is 1.77. The van der Waals surface area contributed by atoms with Gasteiger partial charge in [-0.2, -0.15) is 0 Å². The summed E-state index contributed by atoms with van der Waals surface area (Å²) < 4.78 is 0. The topological polar surface area (TPSA) is 30.0 Å². The van der Waals surface area contributed by atoms with Crippen molar-refractivity contribution in [1.82, 2.24) is 4.98 Å². The summed E-state index contributed by atoms with van der Waals surface area (Å²) >= 11 is 5.68. The molecule has 1 aliphatic carbocycles. The van der Waals surface area contributed by atoms with Gasteiger partial charge in [0.1, 0.15) is 5.15 Å². The fraction of sp³-hybridized carbons (Fsp3) is 0.111. The van der Waals surface area contributed by atoms with Gasteiger partial charge < -0.3 is 0 Å². The molecular weight excluding hydrogens is 174 g/mol. The minimum Gasteiger partial charge on any atom is -0.294 e. The van der Waals surface area contributed by atoms with Crippen LogP contribution in [0.1, 0.15) is 11.3 Å². The Hall–Kier alpha value is -1.15. The Kier molecular flexibility index (Phi) is 1.70. The molecule has 1 aromatic rings. The zero-order chi connectivity index (χ0) is 8.55. The maximum Gasteiger partial charge on any atom is 0.160 e. The molecule has 60 valence electrons. The lowest BCUT2D eigenvalue weighted by molar-refractivity contribution is -0.114. The number of hydrogen-bond donors (Lipinski definition) is 0. The number of ketones is 1. The predicted octanol–water partition coefficient (Wildman–Crippen LogP) is 1.87. The van der Waals surface area contributed by atoms with Crippen LogP contribution in [-0.4, -0.2) is 10.8 Å². The van der Waals surface area contributed by atoms with Gasteiger partial charge in [-0.3, -0.25) is 4.79 Å². The van der Waals surface area contributed by atoms with Gasteiger partial charge in [0.05, 0.1) is 5.69 Å². The predicted molar refractivity (Wildman–Crippen MR) is 47.0 cm³/mol. The Morgan fingerprint density at radius 3 is 3.00 bits per heavy atom. The molecule has 0 unspecified atom stereocenters. The van der Waals surface area contributed by atoms with Gasteiger partial charge in [-0.25, -0.2) is 4.98 Å². The summed E-state index contributed by atoms with van der Waals surface area (Å²) in [6, 6.07) is 3.54. The standard InChI is InChI=1S/C9H6ClNO/c10-9-4-1-6-5-7(12)2-3-8(6)11-9/h1-4H,5H2. The number of nitrogens with zero attached hydrogens (tertiary/aromatic N) is 1. The minimum absolute atomic E-state index is 0.117. The monoisotopic (exact) mass is 179 g/mol. The third-order valence-corrected chi connectivity index (χ3v) is 1.98. The molecule has 3 heteroatoms. The number of pyridine rings is 1. The number of rotatable bonds is 0. The zero-order valence-corrected chi connectivity index (χ0v) is 7.01. The van der Waals surface area contributed by atoms with Gasteiger partial charge in [-0.1, -0.05) is 17.7 Å². The first-order chi connectivity index (χ1) is 5.75. The van der Waals surface area contributed by atoms with Crippen LogP contribution in [0, 0.1) is 0 Å². The van der Waals surface area contributed by atoms with Crippen LogP contribution >= 0.6 is 11.6 Å². The highest BCUT2D eigenvalue weighted by Gasteiger charge is 2.10. The van der Waals surface area contributed by atoms with Gasteiger partial charge in [0.15, 0.2) is 5.78 Å². The maximum atomic E-state index is 11.0. The van der Waals surface area contributed by atoms with E-state index in [1.165, 1.54) is 6.08 Å². The van der Waals surface area contributed by atoms with Crippen molar-refractivity contribution < 1.29 is 4.79 Å². The first-order valence-corrected chi connectivity index (χ1v) is 4.00. The molecule has 0 saturated carbocycles. The summed E-state index contributed by atoms with van der Waals surface area (Å²) in [5.74, 6) is 0.117. The summed E-state index contributed by atoms with van der Waals surface area (Å²) in [6.07, 6.45) is 3.68. The molecule has 0 bridgehead atoms. The van der Waals surface area contributed by atoms with Gasteiger partial charge in [-0.05, 0) is 23.8 Å². The first-order valence-electron chi connectivity index (χ1n) is 3.62. The molecule has 0 radical (unpaired) electrons. The average molecular weight is 180 g/mol. The van der Waals surface area contributed by atoms with Gasteiger partial charge in [-0.15, -0.1) is 0 Å². The smallest absolute Gasteiger partial charge is 0.160 e. The molecule has 0 N–H and O–H groups in total. The number of allylic oxidation sites excluding steroid dienone is 1. The molecule has 0 saturated heterocycles. The molecule has 1 aromatic heterocycles. The summed E-state index contributed by atoms with van der Waals surface area (Å²) in [4.78, 5) is 15.0. The van der Waals surface area contributed by atoms with Gasteiger partial charge in [0.25, 0.3) is 0 Å². The molecule has 1 heterocycles. The number of aromatic nitrogens is 1. The molecule has 0 atom stereocenters. The van der Waals surface area contributed by atoms with Crippen LogP contribution in [0.5, 0.6) is 0 Å². The Labute approximate surface area is 74.9 Å². The average Bonchev–Trinajstić information content (AvgIpc) is 2.05. The fourth-order valence-electron chi connectivity index (χ4n) is 1.19. The SMILES string of the molecule is O=C1C=Cc2nc(Cl)ccc2C1. The van der Waals surface area contributed by atoms with Crippen molar-refractivity contribution in [3.8, 4) is 0 Å². The number of halogens is 1. The lowest BCUT2D eigenvalue weighted by atomic mass is 10.0. The van der Waals surface area contributed by atoms with E-state index in [2.05, 4.69) is 4.98 Å². The molecule has 2 nitrogen and oxygen atoms in total. The molecule has 2 rings (SSSR count). The third kappa shape index (κ3) is 1.25. The van der Waals surface area contributed by atoms with Gasteiger partial charge in [0, 0.05) is 6.42 Å². The fourth-order valence-corrected chi connectivity index (χ4v) is 1.35. The number of hydrogen-bond acceptors (Lipinski definition) is 2. The zero-order valence-electron chi connectivity index (χ0n) is 6.25. The van der Waals surface area contributed by atoms with Crippen molar-refractivity contribution >= 4 is 23.5 Å². The lowest BCUT2D eigenvalue weighted by Crippen LogP contribution is -2.06. The van der Waals surface area contributed by atoms with E-state index in [9.17, 15) is 4.79 Å². The van der Waals surface area contributed by atoms with Crippen LogP contribution in [0.4, 0.5) is 0 Å². The summed E-state index contributed by atoms with van der Waals surface area (Å²) in [5, 5.41) is 0.466. The van der Waals surface area contributed by atoms with E-state index >= 15 is 0 Å². The van der Waals surface area contributed by atoms with Crippen molar-refractivity contribution in [2.24, 2.45) is 0 Å². The van der Waals surface area contributed by atoms with E-state index in [1.807, 2.05) is 6.07 Å². The van der Waals surface area contributed by atoms with Crippen LogP contribution < -0.4 is 0 Å². The van der Waals surface area contributed by atoms with Crippen LogP contribution in [0.2, 0.25) is 5.15 Å². The van der Waals surface area contributed by atoms with Crippen LogP contribution in [-0.2, 0) is 11.2 Å². The highest BCUT2D eigenvalue weighted by atomic mass is 35.5. The van der Waals surface area contributed by atoms with E-state index < -0.39 is 0 Å². The first kappa shape index (κ1) is 7.50. The Balaban J connectivity index is 2.54. The molecule has 0 spiro atoms. The highest BCUT2D eigenvalue weighted by molar-refractivity contribution is 6.29. The van der Waals surface area contributed by atoms with Crippen molar-refractivity contribution in [2.75, 3.05) is 0 Å². The highest BCUT2D eigenvalue weighted by Crippen LogP contribution is 2.17. The van der Waals surface area contributed by atoms with Crippen LogP contribution in [0.3, 0.4) is 0 Å². The normalized spacial score (nSPS) is 14.6. The molecule has 0 aliphatic heterocycles. The Morgan fingerprint density at radius 2 is 2.17 bits per heavy atom. The van der Waals surface area contributed by atoms with Crippen LogP contribution in [0.25, 0.3) is 6.08 Å². The number of carbonyl (C=O) groups is 1. The minimum atomic E-state index is 0.117. The molecule has 0 aromatic carbocycles. The second kappa shape index (κ2) is 2.72. The molecule has 0 fully saturated rings. The quantitative estimate of drug-likeness (QED) is 0.570. The lowest BCUT2D eigenvalue weighted by Gasteiger charge is -2.07. The Morgan fingerprint density at radius 1 is 1.33 bits per heavy atom. The van der Waals surface area contributed by atoms with Gasteiger partial charge >= 0.3 is 0 Å².